The Hall–Kier alpha value is -1.31. The van der Waals surface area contributed by atoms with Gasteiger partial charge >= 0.3 is 0 Å². The number of ether oxygens (including phenoxy) is 2. The largest absolute Gasteiger partial charge is 0.493 e. The molecule has 0 saturated carbocycles. The first kappa shape index (κ1) is 18.7. The average Bonchev–Trinajstić information content (AvgIpc) is 2.46. The van der Waals surface area contributed by atoms with Crippen LogP contribution in [0.15, 0.2) is 18.2 Å². The molecule has 7 heteroatoms. The molecular weight excluding hydrogens is 304 g/mol. The summed E-state index contributed by atoms with van der Waals surface area (Å²) in [4.78, 5) is 1.97. The predicted molar refractivity (Wildman–Crippen MR) is 88.1 cm³/mol. The minimum atomic E-state index is -3.23. The highest BCUT2D eigenvalue weighted by Gasteiger charge is 2.19. The lowest BCUT2D eigenvalue weighted by molar-refractivity contribution is 0.297. The van der Waals surface area contributed by atoms with Gasteiger partial charge in [0.15, 0.2) is 11.5 Å². The SMILES string of the molecule is CCCS(=O)(=O)NCC(c1ccc(OC)c(OC)c1)N(C)C. The summed E-state index contributed by atoms with van der Waals surface area (Å²) < 4.78 is 36.9. The summed E-state index contributed by atoms with van der Waals surface area (Å²) in [5, 5.41) is 0. The normalized spacial score (nSPS) is 13.2. The van der Waals surface area contributed by atoms with Crippen LogP contribution in [0.1, 0.15) is 24.9 Å². The molecule has 0 bridgehead atoms. The van der Waals surface area contributed by atoms with Crippen LogP contribution in [0.5, 0.6) is 11.5 Å². The van der Waals surface area contributed by atoms with Crippen molar-refractivity contribution in [3.8, 4) is 11.5 Å². The van der Waals surface area contributed by atoms with Crippen molar-refractivity contribution < 1.29 is 17.9 Å². The maximum Gasteiger partial charge on any atom is 0.211 e. The van der Waals surface area contributed by atoms with Gasteiger partial charge in [0, 0.05) is 12.6 Å². The third-order valence-corrected chi connectivity index (χ3v) is 4.94. The lowest BCUT2D eigenvalue weighted by atomic mass is 10.1. The van der Waals surface area contributed by atoms with Crippen LogP contribution >= 0.6 is 0 Å². The molecule has 6 nitrogen and oxygen atoms in total. The average molecular weight is 330 g/mol. The molecule has 0 heterocycles. The molecule has 1 rings (SSSR count). The van der Waals surface area contributed by atoms with Crippen LogP contribution in [0.4, 0.5) is 0 Å². The van der Waals surface area contributed by atoms with E-state index in [4.69, 9.17) is 9.47 Å². The summed E-state index contributed by atoms with van der Waals surface area (Å²) >= 11 is 0. The van der Waals surface area contributed by atoms with Crippen molar-refractivity contribution in [3.05, 3.63) is 23.8 Å². The smallest absolute Gasteiger partial charge is 0.211 e. The molecule has 0 spiro atoms. The summed E-state index contributed by atoms with van der Waals surface area (Å²) in [6.45, 7) is 2.15. The van der Waals surface area contributed by atoms with Crippen LogP contribution in [-0.2, 0) is 10.0 Å². The molecule has 0 fully saturated rings. The van der Waals surface area contributed by atoms with Gasteiger partial charge in [0.25, 0.3) is 0 Å². The topological polar surface area (TPSA) is 67.9 Å². The first-order valence-electron chi connectivity index (χ1n) is 7.20. The van der Waals surface area contributed by atoms with Crippen molar-refractivity contribution in [2.45, 2.75) is 19.4 Å². The first-order chi connectivity index (χ1) is 10.3. The number of rotatable bonds is 9. The Morgan fingerprint density at radius 1 is 1.18 bits per heavy atom. The van der Waals surface area contributed by atoms with Gasteiger partial charge in [-0.3, -0.25) is 0 Å². The Labute approximate surface area is 133 Å². The highest BCUT2D eigenvalue weighted by Crippen LogP contribution is 2.31. The summed E-state index contributed by atoms with van der Waals surface area (Å²) in [7, 11) is 3.76. The van der Waals surface area contributed by atoms with Crippen molar-refractivity contribution in [3.63, 3.8) is 0 Å². The minimum Gasteiger partial charge on any atom is -0.493 e. The van der Waals surface area contributed by atoms with Gasteiger partial charge in [-0.05, 0) is 38.2 Å². The monoisotopic (exact) mass is 330 g/mol. The molecule has 1 aromatic rings. The van der Waals surface area contributed by atoms with E-state index in [-0.39, 0.29) is 11.8 Å². The van der Waals surface area contributed by atoms with Crippen LogP contribution in [-0.4, -0.2) is 53.9 Å². The third-order valence-electron chi connectivity index (χ3n) is 3.39. The minimum absolute atomic E-state index is 0.0913. The zero-order valence-electron chi connectivity index (χ0n) is 13.9. The molecule has 0 aromatic heterocycles. The summed E-state index contributed by atoms with van der Waals surface area (Å²) in [5.74, 6) is 1.41. The zero-order valence-corrected chi connectivity index (χ0v) is 14.7. The number of likely N-dealkylation sites (N-methyl/N-ethyl adjacent to an activating group) is 1. The van der Waals surface area contributed by atoms with Gasteiger partial charge in [-0.1, -0.05) is 13.0 Å². The lowest BCUT2D eigenvalue weighted by Crippen LogP contribution is -2.35. The fraction of sp³-hybridized carbons (Fsp3) is 0.600. The highest BCUT2D eigenvalue weighted by atomic mass is 32.2. The number of methoxy groups -OCH3 is 2. The highest BCUT2D eigenvalue weighted by molar-refractivity contribution is 7.89. The first-order valence-corrected chi connectivity index (χ1v) is 8.85. The van der Waals surface area contributed by atoms with E-state index in [9.17, 15) is 8.42 Å². The Morgan fingerprint density at radius 3 is 2.32 bits per heavy atom. The van der Waals surface area contributed by atoms with Gasteiger partial charge in [-0.15, -0.1) is 0 Å². The van der Waals surface area contributed by atoms with E-state index in [1.807, 2.05) is 44.1 Å². The number of hydrogen-bond acceptors (Lipinski definition) is 5. The fourth-order valence-electron chi connectivity index (χ4n) is 2.21. The van der Waals surface area contributed by atoms with E-state index in [2.05, 4.69) is 4.72 Å². The second kappa shape index (κ2) is 8.36. The van der Waals surface area contributed by atoms with Crippen LogP contribution in [0.25, 0.3) is 0 Å². The van der Waals surface area contributed by atoms with Gasteiger partial charge in [0.2, 0.25) is 10.0 Å². The standard InChI is InChI=1S/C15H26N2O4S/c1-6-9-22(18,19)16-11-13(17(2)3)12-7-8-14(20-4)15(10-12)21-5/h7-8,10,13,16H,6,9,11H2,1-5H3. The molecule has 1 aromatic carbocycles. The predicted octanol–water partition coefficient (Wildman–Crippen LogP) is 1.64. The molecule has 0 radical (unpaired) electrons. The van der Waals surface area contributed by atoms with E-state index in [1.165, 1.54) is 0 Å². The van der Waals surface area contributed by atoms with E-state index < -0.39 is 10.0 Å². The summed E-state index contributed by atoms with van der Waals surface area (Å²) in [6, 6.07) is 5.52. The van der Waals surface area contributed by atoms with E-state index in [0.717, 1.165) is 5.56 Å². The number of benzene rings is 1. The zero-order chi connectivity index (χ0) is 16.8. The molecule has 126 valence electrons. The van der Waals surface area contributed by atoms with Gasteiger partial charge in [-0.2, -0.15) is 0 Å². The Morgan fingerprint density at radius 2 is 1.82 bits per heavy atom. The van der Waals surface area contributed by atoms with Crippen molar-refractivity contribution in [1.29, 1.82) is 0 Å². The van der Waals surface area contributed by atoms with Gasteiger partial charge in [0.05, 0.1) is 20.0 Å². The van der Waals surface area contributed by atoms with Crippen molar-refractivity contribution in [2.75, 3.05) is 40.6 Å². The molecule has 0 aliphatic carbocycles. The van der Waals surface area contributed by atoms with Crippen LogP contribution in [0, 0.1) is 0 Å². The summed E-state index contributed by atoms with van der Waals surface area (Å²) in [5.41, 5.74) is 0.960. The van der Waals surface area contributed by atoms with Crippen LogP contribution in [0.2, 0.25) is 0 Å². The summed E-state index contributed by atoms with van der Waals surface area (Å²) in [6.07, 6.45) is 0.596. The van der Waals surface area contributed by atoms with Crippen LogP contribution < -0.4 is 14.2 Å². The van der Waals surface area contributed by atoms with E-state index >= 15 is 0 Å². The molecule has 0 amide bonds. The molecule has 1 N–H and O–H groups in total. The number of sulfonamides is 1. The molecule has 0 saturated heterocycles. The molecular formula is C15H26N2O4S. The van der Waals surface area contributed by atoms with E-state index in [1.54, 1.807) is 14.2 Å². The van der Waals surface area contributed by atoms with Gasteiger partial charge in [0.1, 0.15) is 0 Å². The van der Waals surface area contributed by atoms with E-state index in [0.29, 0.717) is 24.5 Å². The molecule has 0 aliphatic rings. The number of nitrogens with zero attached hydrogens (tertiary/aromatic N) is 1. The van der Waals surface area contributed by atoms with Crippen LogP contribution in [0.3, 0.4) is 0 Å². The molecule has 0 aliphatic heterocycles. The van der Waals surface area contributed by atoms with Crippen molar-refractivity contribution in [2.24, 2.45) is 0 Å². The Balaban J connectivity index is 2.96. The Bertz CT molecular complexity index is 573. The second-order valence-corrected chi connectivity index (χ2v) is 7.19. The molecule has 22 heavy (non-hydrogen) atoms. The van der Waals surface area contributed by atoms with Crippen molar-refractivity contribution in [1.82, 2.24) is 9.62 Å². The second-order valence-electron chi connectivity index (χ2n) is 5.26. The number of hydrogen-bond donors (Lipinski definition) is 1. The van der Waals surface area contributed by atoms with Gasteiger partial charge < -0.3 is 14.4 Å². The molecule has 1 unspecified atom stereocenters. The van der Waals surface area contributed by atoms with Gasteiger partial charge in [-0.25, -0.2) is 13.1 Å². The maximum absolute atomic E-state index is 11.8. The maximum atomic E-state index is 11.8. The fourth-order valence-corrected chi connectivity index (χ4v) is 3.30. The number of nitrogens with one attached hydrogen (secondary N) is 1. The molecule has 1 atom stereocenters. The Kier molecular flexibility index (Phi) is 7.12. The van der Waals surface area contributed by atoms with Crippen molar-refractivity contribution >= 4 is 10.0 Å². The lowest BCUT2D eigenvalue weighted by Gasteiger charge is -2.25. The third kappa shape index (κ3) is 5.15. The quantitative estimate of drug-likeness (QED) is 0.745.